The Morgan fingerprint density at radius 1 is 1.24 bits per heavy atom. The largest absolute Gasteiger partial charge is 0.469 e. The first-order valence-electron chi connectivity index (χ1n) is 9.06. The summed E-state index contributed by atoms with van der Waals surface area (Å²) in [6, 6.07) is 11.6. The van der Waals surface area contributed by atoms with Crippen LogP contribution < -0.4 is 0 Å². The van der Waals surface area contributed by atoms with Crippen molar-refractivity contribution in [1.82, 2.24) is 0 Å². The average Bonchev–Trinajstić information content (AvgIpc) is 3.33. The van der Waals surface area contributed by atoms with Crippen LogP contribution in [0.5, 0.6) is 0 Å². The summed E-state index contributed by atoms with van der Waals surface area (Å²) in [5, 5.41) is 17.6. The van der Waals surface area contributed by atoms with Gasteiger partial charge in [-0.1, -0.05) is 24.3 Å². The molecule has 1 aromatic rings. The molecule has 0 saturated carbocycles. The van der Waals surface area contributed by atoms with Crippen LogP contribution in [0.3, 0.4) is 0 Å². The smallest absolute Gasteiger partial charge is 0.312 e. The second-order valence-corrected chi connectivity index (χ2v) is 8.95. The molecular formula is C21H22N2O4S2. The molecule has 3 rings (SSSR count). The zero-order chi connectivity index (χ0) is 21.4. The molecule has 3 unspecified atom stereocenters. The lowest BCUT2D eigenvalue weighted by atomic mass is 9.81. The van der Waals surface area contributed by atoms with Gasteiger partial charge in [0.1, 0.15) is 11.3 Å². The van der Waals surface area contributed by atoms with Crippen LogP contribution in [-0.4, -0.2) is 47.7 Å². The topological polar surface area (TPSA) is 108 Å². The van der Waals surface area contributed by atoms with Gasteiger partial charge in [-0.05, 0) is 24.5 Å². The van der Waals surface area contributed by atoms with E-state index in [0.29, 0.717) is 29.4 Å². The lowest BCUT2D eigenvalue weighted by Gasteiger charge is -2.18. The summed E-state index contributed by atoms with van der Waals surface area (Å²) in [6.45, 7) is 1.79. The molecule has 3 atom stereocenters. The van der Waals surface area contributed by atoms with Gasteiger partial charge in [-0.25, -0.2) is 0 Å². The number of Topliss-reactive ketones (excluding diaryl/α,β-unsaturated/α-hetero) is 2. The number of esters is 1. The van der Waals surface area contributed by atoms with Crippen molar-refractivity contribution in [2.75, 3.05) is 30.1 Å². The van der Waals surface area contributed by atoms with Crippen LogP contribution in [0.2, 0.25) is 0 Å². The van der Waals surface area contributed by atoms with Crippen molar-refractivity contribution in [2.24, 2.45) is 11.3 Å². The fourth-order valence-corrected chi connectivity index (χ4v) is 5.24. The van der Waals surface area contributed by atoms with Crippen molar-refractivity contribution in [1.29, 1.82) is 10.5 Å². The Bertz CT molecular complexity index is 857. The number of thioether (sulfide) groups is 2. The standard InChI is InChI=1S/C16H17NO3S.C5H5NOS/c1-11(15(19)20-2)13-5-3-12(4-6-13)7-16(9-17)10-21-8-14(16)18;6-1-4-2-8-3-5(4)7/h3-6,11H,7-8,10H2,1-2H3;4H,2-3H2. The van der Waals surface area contributed by atoms with Gasteiger partial charge in [-0.15, -0.1) is 0 Å². The van der Waals surface area contributed by atoms with Gasteiger partial charge >= 0.3 is 5.97 Å². The van der Waals surface area contributed by atoms with E-state index >= 15 is 0 Å². The molecule has 2 heterocycles. The maximum Gasteiger partial charge on any atom is 0.312 e. The fourth-order valence-electron chi connectivity index (χ4n) is 2.99. The van der Waals surface area contributed by atoms with Gasteiger partial charge in [0.25, 0.3) is 0 Å². The summed E-state index contributed by atoms with van der Waals surface area (Å²) in [4.78, 5) is 34.0. The number of carbonyl (C=O) groups is 3. The number of methoxy groups -OCH3 is 1. The molecule has 152 valence electrons. The van der Waals surface area contributed by atoms with E-state index in [2.05, 4.69) is 6.07 Å². The van der Waals surface area contributed by atoms with Crippen LogP contribution >= 0.6 is 23.5 Å². The molecule has 8 heteroatoms. The molecule has 29 heavy (non-hydrogen) atoms. The van der Waals surface area contributed by atoms with Crippen LogP contribution in [0.4, 0.5) is 0 Å². The summed E-state index contributed by atoms with van der Waals surface area (Å²) >= 11 is 3.06. The van der Waals surface area contributed by atoms with Gasteiger partial charge in [0.2, 0.25) is 0 Å². The van der Waals surface area contributed by atoms with E-state index in [4.69, 9.17) is 10.00 Å². The van der Waals surface area contributed by atoms with E-state index in [1.165, 1.54) is 18.9 Å². The number of ketones is 2. The average molecular weight is 431 g/mol. The highest BCUT2D eigenvalue weighted by Gasteiger charge is 2.43. The first-order valence-corrected chi connectivity index (χ1v) is 11.4. The third-order valence-electron chi connectivity index (χ3n) is 4.94. The van der Waals surface area contributed by atoms with Crippen LogP contribution in [0.25, 0.3) is 0 Å². The maximum absolute atomic E-state index is 11.9. The van der Waals surface area contributed by atoms with Crippen LogP contribution in [0.15, 0.2) is 24.3 Å². The van der Waals surface area contributed by atoms with E-state index in [-0.39, 0.29) is 29.4 Å². The molecule has 0 amide bonds. The van der Waals surface area contributed by atoms with Crippen molar-refractivity contribution in [3.63, 3.8) is 0 Å². The number of ether oxygens (including phenoxy) is 1. The summed E-state index contributed by atoms with van der Waals surface area (Å²) in [5.74, 6) is 1.43. The minimum atomic E-state index is -0.889. The Kier molecular flexibility index (Phi) is 8.31. The molecule has 2 aliphatic heterocycles. The molecule has 0 radical (unpaired) electrons. The van der Waals surface area contributed by atoms with E-state index in [0.717, 1.165) is 11.1 Å². The molecule has 2 saturated heterocycles. The highest BCUT2D eigenvalue weighted by atomic mass is 32.2. The second-order valence-electron chi connectivity index (χ2n) is 6.94. The lowest BCUT2D eigenvalue weighted by molar-refractivity contribution is -0.142. The first-order chi connectivity index (χ1) is 13.9. The summed E-state index contributed by atoms with van der Waals surface area (Å²) < 4.78 is 4.72. The van der Waals surface area contributed by atoms with Crippen LogP contribution in [0.1, 0.15) is 24.0 Å². The van der Waals surface area contributed by atoms with Gasteiger partial charge in [0, 0.05) is 11.5 Å². The minimum absolute atomic E-state index is 0.0157. The van der Waals surface area contributed by atoms with E-state index in [1.54, 1.807) is 18.7 Å². The number of nitrogens with zero attached hydrogens (tertiary/aromatic N) is 2. The molecule has 0 N–H and O–H groups in total. The van der Waals surface area contributed by atoms with E-state index in [1.807, 2.05) is 30.3 Å². The van der Waals surface area contributed by atoms with Crippen molar-refractivity contribution in [2.45, 2.75) is 19.3 Å². The Balaban J connectivity index is 0.000000313. The summed E-state index contributed by atoms with van der Waals surface area (Å²) in [6.07, 6.45) is 0.433. The molecule has 0 aliphatic carbocycles. The van der Waals surface area contributed by atoms with Crippen molar-refractivity contribution in [3.8, 4) is 12.1 Å². The van der Waals surface area contributed by atoms with Gasteiger partial charge in [0.15, 0.2) is 11.6 Å². The number of hydrogen-bond acceptors (Lipinski definition) is 8. The predicted molar refractivity (Wildman–Crippen MR) is 112 cm³/mol. The predicted octanol–water partition coefficient (Wildman–Crippen LogP) is 2.77. The van der Waals surface area contributed by atoms with E-state index in [9.17, 15) is 19.6 Å². The minimum Gasteiger partial charge on any atom is -0.469 e. The third-order valence-corrected chi connectivity index (χ3v) is 7.16. The van der Waals surface area contributed by atoms with Crippen molar-refractivity contribution in [3.05, 3.63) is 35.4 Å². The normalized spacial score (nSPS) is 24.1. The van der Waals surface area contributed by atoms with Crippen LogP contribution in [-0.2, 0) is 25.5 Å². The molecule has 2 aliphatic rings. The molecule has 0 aromatic heterocycles. The number of hydrogen-bond donors (Lipinski definition) is 0. The zero-order valence-electron chi connectivity index (χ0n) is 16.3. The molecule has 1 aromatic carbocycles. The monoisotopic (exact) mass is 430 g/mol. The fraction of sp³-hybridized carbons (Fsp3) is 0.476. The molecule has 6 nitrogen and oxygen atoms in total. The number of rotatable bonds is 4. The molecule has 0 spiro atoms. The van der Waals surface area contributed by atoms with E-state index < -0.39 is 5.41 Å². The Morgan fingerprint density at radius 2 is 1.93 bits per heavy atom. The molecular weight excluding hydrogens is 408 g/mol. The van der Waals surface area contributed by atoms with Gasteiger partial charge < -0.3 is 4.74 Å². The first kappa shape index (κ1) is 23.0. The zero-order valence-corrected chi connectivity index (χ0v) is 18.0. The Morgan fingerprint density at radius 3 is 2.34 bits per heavy atom. The quantitative estimate of drug-likeness (QED) is 0.671. The van der Waals surface area contributed by atoms with Crippen molar-refractivity contribution >= 4 is 41.1 Å². The lowest BCUT2D eigenvalue weighted by Crippen LogP contribution is -2.30. The van der Waals surface area contributed by atoms with Gasteiger partial charge in [-0.3, -0.25) is 14.4 Å². The number of benzene rings is 1. The van der Waals surface area contributed by atoms with Gasteiger partial charge in [0.05, 0.1) is 36.7 Å². The molecule has 0 bridgehead atoms. The number of nitriles is 2. The highest BCUT2D eigenvalue weighted by molar-refractivity contribution is 8.00. The van der Waals surface area contributed by atoms with Gasteiger partial charge in [-0.2, -0.15) is 34.0 Å². The second kappa shape index (κ2) is 10.5. The van der Waals surface area contributed by atoms with Crippen LogP contribution in [0, 0.1) is 34.0 Å². The Labute approximate surface area is 179 Å². The Hall–Kier alpha value is -2.29. The molecule has 2 fully saturated rings. The SMILES string of the molecule is COC(=O)C(C)c1ccc(CC2(C#N)CSCC2=O)cc1.N#CC1CSCC1=O. The summed E-state index contributed by atoms with van der Waals surface area (Å²) in [7, 11) is 1.37. The highest BCUT2D eigenvalue weighted by Crippen LogP contribution is 2.35. The third kappa shape index (κ3) is 5.62. The van der Waals surface area contributed by atoms with Crippen molar-refractivity contribution < 1.29 is 19.1 Å². The number of carbonyl (C=O) groups excluding carboxylic acids is 3. The maximum atomic E-state index is 11.9. The summed E-state index contributed by atoms with van der Waals surface area (Å²) in [5.41, 5.74) is 0.914.